The van der Waals surface area contributed by atoms with Crippen molar-refractivity contribution in [3.8, 4) is 0 Å². The molecule has 0 spiro atoms. The molecule has 7 nitrogen and oxygen atoms in total. The average molecular weight is 278 g/mol. The summed E-state index contributed by atoms with van der Waals surface area (Å²) < 4.78 is 8.55. The first kappa shape index (κ1) is 36.3. The number of aliphatic hydroxyl groups is 1. The van der Waals surface area contributed by atoms with Crippen molar-refractivity contribution in [2.45, 2.75) is 13.0 Å². The van der Waals surface area contributed by atoms with Crippen LogP contribution in [0.2, 0.25) is 0 Å². The Kier molecular flexibility index (Phi) is 48.0. The Morgan fingerprint density at radius 3 is 1.27 bits per heavy atom. The quantitative estimate of drug-likeness (QED) is 0.358. The van der Waals surface area contributed by atoms with Gasteiger partial charge in [0.2, 0.25) is 0 Å². The van der Waals surface area contributed by atoms with Gasteiger partial charge in [-0.3, -0.25) is 0 Å². The van der Waals surface area contributed by atoms with Gasteiger partial charge in [-0.1, -0.05) is 0 Å². The molecule has 0 amide bonds. The van der Waals surface area contributed by atoms with Gasteiger partial charge < -0.3 is 29.5 Å². The summed E-state index contributed by atoms with van der Waals surface area (Å²) in [6.45, 7) is 1.20. The van der Waals surface area contributed by atoms with Crippen molar-refractivity contribution in [3.05, 3.63) is 0 Å². The van der Waals surface area contributed by atoms with Crippen LogP contribution >= 0.6 is 7.82 Å². The standard InChI is InChI=1S/C3H6O3.4Na.H3O4P.H/c1-2(4)3(5)6;;;;;1-5(2,3)4;/h2,4H,1H3,(H,5,6);;;;;(H3,1,2,3,4);/q;;3*+1;;/p-3/t2-;;;;;;/m1....../s1. The van der Waals surface area contributed by atoms with E-state index >= 15 is 0 Å². The molecule has 0 aliphatic carbocycles. The normalized spacial score (nSPS) is 9.40. The molecule has 0 bridgehead atoms. The van der Waals surface area contributed by atoms with Gasteiger partial charge in [0, 0.05) is 0 Å². The Balaban J connectivity index is -0.0000000215. The predicted molar refractivity (Wildman–Crippen MR) is 34.1 cm³/mol. The van der Waals surface area contributed by atoms with Crippen LogP contribution in [0.3, 0.4) is 0 Å². The molecule has 0 rings (SSSR count). The van der Waals surface area contributed by atoms with Crippen molar-refractivity contribution in [2.75, 3.05) is 0 Å². The number of carboxylic acid groups (broad SMARTS) is 1. The van der Waals surface area contributed by atoms with Gasteiger partial charge >= 0.3 is 124 Å². The SMILES string of the molecule is C[C@@H](O)C(=O)O.O=P([O-])([O-])[O-].[Na+].[Na+].[Na+].[NaH]. The molecular weight excluding hydrogens is 271 g/mol. The summed E-state index contributed by atoms with van der Waals surface area (Å²) in [6, 6.07) is 0. The van der Waals surface area contributed by atoms with Gasteiger partial charge in [-0.15, -0.1) is 0 Å². The van der Waals surface area contributed by atoms with E-state index in [1.807, 2.05) is 0 Å². The van der Waals surface area contributed by atoms with E-state index in [9.17, 15) is 4.79 Å². The van der Waals surface area contributed by atoms with E-state index in [1.54, 1.807) is 0 Å². The second kappa shape index (κ2) is 19.9. The third-order valence-corrected chi connectivity index (χ3v) is 0.357. The van der Waals surface area contributed by atoms with E-state index in [2.05, 4.69) is 0 Å². The molecule has 0 aromatic heterocycles. The summed E-state index contributed by atoms with van der Waals surface area (Å²) in [7, 11) is -5.39. The molecule has 0 aromatic rings. The molecule has 0 radical (unpaired) electrons. The molecule has 2 N–H and O–H groups in total. The fraction of sp³-hybridized carbons (Fsp3) is 0.667. The molecule has 15 heavy (non-hydrogen) atoms. The average Bonchev–Trinajstić information content (AvgIpc) is 1.59. The van der Waals surface area contributed by atoms with Crippen LogP contribution in [0, 0.1) is 0 Å². The Labute approximate surface area is 176 Å². The maximum atomic E-state index is 9.45. The van der Waals surface area contributed by atoms with Gasteiger partial charge in [-0.25, -0.2) is 4.79 Å². The summed E-state index contributed by atoms with van der Waals surface area (Å²) in [4.78, 5) is 35.1. The van der Waals surface area contributed by atoms with Gasteiger partial charge in [0.1, 0.15) is 6.10 Å². The maximum absolute atomic E-state index is 9.45. The van der Waals surface area contributed by atoms with Crippen molar-refractivity contribution in [1.29, 1.82) is 0 Å². The van der Waals surface area contributed by atoms with Crippen LogP contribution in [0.15, 0.2) is 0 Å². The zero-order valence-corrected chi connectivity index (χ0v) is 15.4. The minimum atomic E-state index is -5.39. The van der Waals surface area contributed by atoms with Crippen LogP contribution in [0.1, 0.15) is 6.92 Å². The van der Waals surface area contributed by atoms with E-state index in [-0.39, 0.29) is 118 Å². The third kappa shape index (κ3) is 74.5. The third-order valence-electron chi connectivity index (χ3n) is 0.357. The van der Waals surface area contributed by atoms with E-state index in [4.69, 9.17) is 29.5 Å². The second-order valence-corrected chi connectivity index (χ2v) is 2.36. The molecule has 0 unspecified atom stereocenters. The number of hydrogen-bond donors (Lipinski definition) is 2. The van der Waals surface area contributed by atoms with Crippen molar-refractivity contribution in [3.63, 3.8) is 0 Å². The summed E-state index contributed by atoms with van der Waals surface area (Å²) in [5.41, 5.74) is 0. The Bertz CT molecular complexity index is 161. The van der Waals surface area contributed by atoms with E-state index < -0.39 is 19.9 Å². The molecule has 1 atom stereocenters. The summed E-state index contributed by atoms with van der Waals surface area (Å²) >= 11 is 0. The molecule has 0 aliphatic rings. The molecule has 0 aliphatic heterocycles. The summed E-state index contributed by atoms with van der Waals surface area (Å²) in [6.07, 6.45) is -1.23. The molecule has 0 aromatic carbocycles. The van der Waals surface area contributed by atoms with Crippen LogP contribution < -0.4 is 103 Å². The van der Waals surface area contributed by atoms with Crippen LogP contribution in [0.5, 0.6) is 0 Å². The zero-order valence-electron chi connectivity index (χ0n) is 8.46. The topological polar surface area (TPSA) is 144 Å². The molecule has 0 saturated carbocycles. The van der Waals surface area contributed by atoms with E-state index in [0.717, 1.165) is 0 Å². The molecule has 12 heteroatoms. The molecule has 0 heterocycles. The fourth-order valence-electron chi connectivity index (χ4n) is 0. The molecule has 70 valence electrons. The monoisotopic (exact) mass is 278 g/mol. The van der Waals surface area contributed by atoms with Crippen LogP contribution in [0.25, 0.3) is 0 Å². The van der Waals surface area contributed by atoms with Crippen molar-refractivity contribution in [1.82, 2.24) is 0 Å². The number of rotatable bonds is 1. The number of carbonyl (C=O) groups is 1. The number of aliphatic hydroxyl groups excluding tert-OH is 1. The van der Waals surface area contributed by atoms with Gasteiger partial charge in [-0.2, -0.15) is 7.82 Å². The Hall–Kier alpha value is 3.54. The summed E-state index contributed by atoms with van der Waals surface area (Å²) in [5, 5.41) is 15.8. The first-order valence-electron chi connectivity index (χ1n) is 2.28. The summed E-state index contributed by atoms with van der Waals surface area (Å²) in [5.74, 6) is -1.19. The Morgan fingerprint density at radius 1 is 1.20 bits per heavy atom. The fourth-order valence-corrected chi connectivity index (χ4v) is 0. The van der Waals surface area contributed by atoms with Gasteiger partial charge in [-0.05, 0) is 6.92 Å². The van der Waals surface area contributed by atoms with Gasteiger partial charge in [0.05, 0.1) is 0 Å². The molecular formula is C3H7Na4O7P. The van der Waals surface area contributed by atoms with Crippen molar-refractivity contribution < 1.29 is 123 Å². The first-order chi connectivity index (χ1) is 4.64. The predicted octanol–water partition coefficient (Wildman–Crippen LogP) is -13.0. The zero-order chi connectivity index (χ0) is 9.65. The first-order valence-corrected chi connectivity index (χ1v) is 3.74. The van der Waals surface area contributed by atoms with Crippen molar-refractivity contribution in [2.24, 2.45) is 0 Å². The van der Waals surface area contributed by atoms with E-state index in [0.29, 0.717) is 0 Å². The van der Waals surface area contributed by atoms with Gasteiger partial charge in [0.15, 0.2) is 0 Å². The second-order valence-electron chi connectivity index (χ2n) is 1.46. The van der Waals surface area contributed by atoms with Crippen LogP contribution in [-0.4, -0.2) is 51.8 Å². The van der Waals surface area contributed by atoms with E-state index in [1.165, 1.54) is 6.92 Å². The number of hydrogen-bond acceptors (Lipinski definition) is 6. The van der Waals surface area contributed by atoms with Crippen LogP contribution in [0.4, 0.5) is 0 Å². The van der Waals surface area contributed by atoms with Gasteiger partial charge in [0.25, 0.3) is 0 Å². The molecule has 0 fully saturated rings. The minimum absolute atomic E-state index is 0. The number of phosphoric acid groups is 1. The van der Waals surface area contributed by atoms with Crippen molar-refractivity contribution >= 4 is 43.3 Å². The molecule has 0 saturated heterocycles. The number of aliphatic carboxylic acids is 1. The number of carboxylic acids is 1. The van der Waals surface area contributed by atoms with Crippen LogP contribution in [-0.2, 0) is 9.36 Å². The Morgan fingerprint density at radius 2 is 1.27 bits per heavy atom.